The van der Waals surface area contributed by atoms with Crippen molar-refractivity contribution in [3.63, 3.8) is 0 Å². The maximum atomic E-state index is 11.1. The molecule has 0 bridgehead atoms. The van der Waals surface area contributed by atoms with Crippen LogP contribution in [0.5, 0.6) is 0 Å². The molecule has 1 aliphatic heterocycles. The number of nitrogens with zero attached hydrogens (tertiary/aromatic N) is 3. The highest BCUT2D eigenvalue weighted by atomic mass is 32.1. The number of piperidine rings is 1. The zero-order valence-electron chi connectivity index (χ0n) is 9.83. The van der Waals surface area contributed by atoms with Crippen LogP contribution in [-0.4, -0.2) is 34.1 Å². The van der Waals surface area contributed by atoms with E-state index in [1.54, 1.807) is 6.92 Å². The van der Waals surface area contributed by atoms with Crippen molar-refractivity contribution in [1.82, 2.24) is 4.98 Å². The first kappa shape index (κ1) is 12.7. The van der Waals surface area contributed by atoms with E-state index in [9.17, 15) is 14.9 Å². The minimum absolute atomic E-state index is 0.0107. The zero-order chi connectivity index (χ0) is 13.3. The molecule has 8 heteroatoms. The Labute approximate surface area is 107 Å². The fourth-order valence-electron chi connectivity index (χ4n) is 1.89. The van der Waals surface area contributed by atoms with Crippen LogP contribution >= 0.6 is 11.3 Å². The van der Waals surface area contributed by atoms with E-state index in [0.29, 0.717) is 31.1 Å². The zero-order valence-corrected chi connectivity index (χ0v) is 10.6. The smallest absolute Gasteiger partial charge is 0.345 e. The van der Waals surface area contributed by atoms with Crippen molar-refractivity contribution >= 4 is 27.4 Å². The van der Waals surface area contributed by atoms with Crippen LogP contribution in [0, 0.1) is 15.5 Å². The fraction of sp³-hybridized carbons (Fsp3) is 0.600. The Morgan fingerprint density at radius 2 is 2.22 bits per heavy atom. The molecule has 1 aromatic rings. The maximum absolute atomic E-state index is 11.1. The van der Waals surface area contributed by atoms with Crippen molar-refractivity contribution in [2.75, 3.05) is 18.0 Å². The van der Waals surface area contributed by atoms with Crippen molar-refractivity contribution in [1.29, 1.82) is 0 Å². The van der Waals surface area contributed by atoms with E-state index in [1.807, 2.05) is 4.90 Å². The van der Waals surface area contributed by atoms with Gasteiger partial charge in [0.05, 0.1) is 10.3 Å². The lowest BCUT2D eigenvalue weighted by molar-refractivity contribution is -0.380. The van der Waals surface area contributed by atoms with Crippen molar-refractivity contribution < 1.29 is 14.8 Å². The molecule has 2 rings (SSSR count). The van der Waals surface area contributed by atoms with E-state index < -0.39 is 16.3 Å². The number of carboxylic acids is 1. The summed E-state index contributed by atoms with van der Waals surface area (Å²) in [7, 11) is 0. The van der Waals surface area contributed by atoms with Crippen LogP contribution in [0.2, 0.25) is 0 Å². The lowest BCUT2D eigenvalue weighted by Crippen LogP contribution is -2.42. The molecule has 1 saturated heterocycles. The van der Waals surface area contributed by atoms with E-state index in [0.717, 1.165) is 11.3 Å². The number of carbonyl (C=O) groups is 1. The third-order valence-corrected chi connectivity index (χ3v) is 4.32. The lowest BCUT2D eigenvalue weighted by Gasteiger charge is -2.36. The Morgan fingerprint density at radius 3 is 2.67 bits per heavy atom. The number of anilines is 1. The molecule has 1 aromatic heterocycles. The summed E-state index contributed by atoms with van der Waals surface area (Å²) in [6, 6.07) is 0. The van der Waals surface area contributed by atoms with Crippen LogP contribution in [0.3, 0.4) is 0 Å². The third kappa shape index (κ3) is 2.28. The second-order valence-electron chi connectivity index (χ2n) is 4.59. The molecular formula is C10H13N3O4S. The van der Waals surface area contributed by atoms with Crippen molar-refractivity contribution in [3.8, 4) is 0 Å². The molecule has 2 heterocycles. The molecule has 1 N–H and O–H groups in total. The van der Waals surface area contributed by atoms with Gasteiger partial charge in [-0.25, -0.2) is 4.98 Å². The van der Waals surface area contributed by atoms with Crippen LogP contribution in [0.15, 0.2) is 6.20 Å². The van der Waals surface area contributed by atoms with Gasteiger partial charge in [0.2, 0.25) is 0 Å². The number of hydrogen-bond donors (Lipinski definition) is 1. The molecule has 98 valence electrons. The molecule has 0 radical (unpaired) electrons. The van der Waals surface area contributed by atoms with Gasteiger partial charge in [0, 0.05) is 13.1 Å². The largest absolute Gasteiger partial charge is 0.481 e. The fourth-order valence-corrected chi connectivity index (χ4v) is 2.68. The monoisotopic (exact) mass is 271 g/mol. The molecular weight excluding hydrogens is 258 g/mol. The predicted octanol–water partition coefficient (Wildman–Crippen LogP) is 1.74. The molecule has 0 unspecified atom stereocenters. The first-order valence-corrected chi connectivity index (χ1v) is 6.32. The summed E-state index contributed by atoms with van der Waals surface area (Å²) in [6.07, 6.45) is 2.29. The third-order valence-electron chi connectivity index (χ3n) is 3.32. The molecule has 18 heavy (non-hydrogen) atoms. The highest BCUT2D eigenvalue weighted by Gasteiger charge is 2.37. The second-order valence-corrected chi connectivity index (χ2v) is 5.58. The van der Waals surface area contributed by atoms with Gasteiger partial charge in [-0.2, -0.15) is 0 Å². The van der Waals surface area contributed by atoms with Gasteiger partial charge in [0.25, 0.3) is 0 Å². The number of aromatic nitrogens is 1. The average molecular weight is 271 g/mol. The Kier molecular flexibility index (Phi) is 3.20. The number of aliphatic carboxylic acids is 1. The molecule has 1 fully saturated rings. The quantitative estimate of drug-likeness (QED) is 0.664. The van der Waals surface area contributed by atoms with Gasteiger partial charge < -0.3 is 10.0 Å². The Morgan fingerprint density at radius 1 is 1.61 bits per heavy atom. The highest BCUT2D eigenvalue weighted by molar-refractivity contribution is 7.18. The second kappa shape index (κ2) is 4.52. The van der Waals surface area contributed by atoms with Gasteiger partial charge in [0.1, 0.15) is 6.20 Å². The van der Waals surface area contributed by atoms with Gasteiger partial charge in [-0.05, 0) is 31.1 Å². The summed E-state index contributed by atoms with van der Waals surface area (Å²) in [4.78, 5) is 27.1. The van der Waals surface area contributed by atoms with Gasteiger partial charge in [-0.15, -0.1) is 0 Å². The van der Waals surface area contributed by atoms with Crippen LogP contribution in [-0.2, 0) is 4.79 Å². The Hall–Kier alpha value is -1.70. The molecule has 0 saturated carbocycles. The minimum atomic E-state index is -0.785. The van der Waals surface area contributed by atoms with Gasteiger partial charge in [-0.3, -0.25) is 14.9 Å². The van der Waals surface area contributed by atoms with Crippen molar-refractivity contribution in [2.45, 2.75) is 19.8 Å². The normalized spacial score (nSPS) is 18.6. The molecule has 7 nitrogen and oxygen atoms in total. The summed E-state index contributed by atoms with van der Waals surface area (Å²) in [5.41, 5.74) is -0.695. The number of nitro groups is 1. The maximum Gasteiger partial charge on any atom is 0.345 e. The number of carboxylic acid groups (broad SMARTS) is 1. The van der Waals surface area contributed by atoms with E-state index in [-0.39, 0.29) is 5.00 Å². The number of thiazole rings is 1. The molecule has 0 aliphatic carbocycles. The molecule has 0 atom stereocenters. The Balaban J connectivity index is 2.05. The summed E-state index contributed by atoms with van der Waals surface area (Å²) in [6.45, 7) is 2.86. The SMILES string of the molecule is CC1(C(=O)O)CCN(c2ncc([N+](=O)[O-])s2)CC1. The van der Waals surface area contributed by atoms with Gasteiger partial charge in [0.15, 0.2) is 5.13 Å². The van der Waals surface area contributed by atoms with Crippen LogP contribution in [0.4, 0.5) is 10.1 Å². The van der Waals surface area contributed by atoms with E-state index >= 15 is 0 Å². The summed E-state index contributed by atoms with van der Waals surface area (Å²) in [5.74, 6) is -0.785. The average Bonchev–Trinajstić information content (AvgIpc) is 2.79. The van der Waals surface area contributed by atoms with E-state index in [4.69, 9.17) is 5.11 Å². The number of rotatable bonds is 3. The lowest BCUT2D eigenvalue weighted by atomic mass is 9.81. The van der Waals surface area contributed by atoms with Crippen LogP contribution < -0.4 is 4.90 Å². The molecule has 0 spiro atoms. The topological polar surface area (TPSA) is 96.6 Å². The van der Waals surface area contributed by atoms with Gasteiger partial charge in [-0.1, -0.05) is 0 Å². The Bertz CT molecular complexity index is 479. The number of hydrogen-bond acceptors (Lipinski definition) is 6. The van der Waals surface area contributed by atoms with E-state index in [1.165, 1.54) is 6.20 Å². The summed E-state index contributed by atoms with van der Waals surface area (Å²) in [5, 5.41) is 20.3. The summed E-state index contributed by atoms with van der Waals surface area (Å²) < 4.78 is 0. The highest BCUT2D eigenvalue weighted by Crippen LogP contribution is 2.35. The van der Waals surface area contributed by atoms with Crippen LogP contribution in [0.1, 0.15) is 19.8 Å². The standard InChI is InChI=1S/C10H13N3O4S/c1-10(8(14)15)2-4-12(5-3-10)9-11-6-7(18-9)13(16)17/h6H,2-5H2,1H3,(H,14,15). The minimum Gasteiger partial charge on any atom is -0.481 e. The molecule has 0 amide bonds. The molecule has 0 aromatic carbocycles. The first-order valence-electron chi connectivity index (χ1n) is 5.51. The van der Waals surface area contributed by atoms with Crippen molar-refractivity contribution in [2.24, 2.45) is 5.41 Å². The van der Waals surface area contributed by atoms with E-state index in [2.05, 4.69) is 4.98 Å². The first-order chi connectivity index (χ1) is 8.42. The van der Waals surface area contributed by atoms with Crippen molar-refractivity contribution in [3.05, 3.63) is 16.3 Å². The van der Waals surface area contributed by atoms with Crippen LogP contribution in [0.25, 0.3) is 0 Å². The molecule has 1 aliphatic rings. The predicted molar refractivity (Wildman–Crippen MR) is 66.0 cm³/mol. The van der Waals surface area contributed by atoms with Gasteiger partial charge >= 0.3 is 11.0 Å². The summed E-state index contributed by atoms with van der Waals surface area (Å²) >= 11 is 1.02.